The molecule has 3 aliphatic rings. The second kappa shape index (κ2) is 14.9. The van der Waals surface area contributed by atoms with Crippen molar-refractivity contribution < 1.29 is 14.3 Å². The Kier molecular flexibility index (Phi) is 10.5. The van der Waals surface area contributed by atoms with Crippen molar-refractivity contribution in [1.82, 2.24) is 24.6 Å². The maximum atomic E-state index is 14.2. The highest BCUT2D eigenvalue weighted by Gasteiger charge is 2.32. The van der Waals surface area contributed by atoms with Gasteiger partial charge >= 0.3 is 5.97 Å². The molecule has 1 aromatic carbocycles. The molecule has 1 saturated heterocycles. The molecule has 3 atom stereocenters. The van der Waals surface area contributed by atoms with E-state index < -0.39 is 5.97 Å². The molecule has 46 heavy (non-hydrogen) atoms. The Balaban J connectivity index is 1.31. The van der Waals surface area contributed by atoms with Crippen molar-refractivity contribution in [3.63, 3.8) is 0 Å². The summed E-state index contributed by atoms with van der Waals surface area (Å²) in [7, 11) is 0. The van der Waals surface area contributed by atoms with Gasteiger partial charge in [0, 0.05) is 36.5 Å². The number of nitrogens with zero attached hydrogens (tertiary/aromatic N) is 5. The van der Waals surface area contributed by atoms with Crippen molar-refractivity contribution in [2.45, 2.75) is 109 Å². The summed E-state index contributed by atoms with van der Waals surface area (Å²) in [5.74, 6) is 0.971. The largest absolute Gasteiger partial charge is 0.481 e. The number of carboxylic acid groups (broad SMARTS) is 1. The predicted octanol–water partition coefficient (Wildman–Crippen LogP) is 6.83. The highest BCUT2D eigenvalue weighted by molar-refractivity contribution is 5.70. The lowest BCUT2D eigenvalue weighted by Crippen LogP contribution is -2.36. The van der Waals surface area contributed by atoms with Crippen LogP contribution in [0, 0.1) is 17.7 Å². The Hall–Kier alpha value is -3.53. The minimum atomic E-state index is -0.673. The number of fused-ring (bicyclic) bond motifs is 1. The number of aromatic nitrogens is 4. The molecule has 0 bridgehead atoms. The Bertz CT molecular complexity index is 1460. The van der Waals surface area contributed by atoms with Crippen molar-refractivity contribution in [3.8, 4) is 0 Å². The second-order valence-electron chi connectivity index (χ2n) is 13.6. The minimum Gasteiger partial charge on any atom is -0.481 e. The number of anilines is 2. The predicted molar refractivity (Wildman–Crippen MR) is 179 cm³/mol. The number of likely N-dealkylation sites (tertiary alicyclic amines) is 1. The van der Waals surface area contributed by atoms with Gasteiger partial charge < -0.3 is 20.6 Å². The molecule has 3 N–H and O–H groups in total. The lowest BCUT2D eigenvalue weighted by Gasteiger charge is -2.34. The summed E-state index contributed by atoms with van der Waals surface area (Å²) in [4.78, 5) is 24.4. The number of halogens is 1. The highest BCUT2D eigenvalue weighted by atomic mass is 19.1. The molecule has 6 rings (SSSR count). The molecule has 0 spiro atoms. The molecule has 9 nitrogen and oxygen atoms in total. The topological polar surface area (TPSA) is 108 Å². The maximum Gasteiger partial charge on any atom is 0.306 e. The first-order valence-electron chi connectivity index (χ1n) is 17.6. The fraction of sp³-hybridized carbons (Fsp3) is 0.611. The van der Waals surface area contributed by atoms with Gasteiger partial charge in [-0.1, -0.05) is 25.5 Å². The molecule has 2 aliphatic carbocycles. The molecule has 10 heteroatoms. The van der Waals surface area contributed by atoms with Gasteiger partial charge in [0.15, 0.2) is 0 Å². The average molecular weight is 632 g/mol. The summed E-state index contributed by atoms with van der Waals surface area (Å²) < 4.78 is 16.2. The molecule has 248 valence electrons. The normalized spacial score (nSPS) is 23.3. The highest BCUT2D eigenvalue weighted by Crippen LogP contribution is 2.38. The van der Waals surface area contributed by atoms with E-state index in [0.717, 1.165) is 106 Å². The number of aliphatic carboxylic acids is 1. The van der Waals surface area contributed by atoms with Crippen molar-refractivity contribution in [1.29, 1.82) is 0 Å². The standard InChI is InChI=1S/C36H50FN7O2/c1-3-31(24-11-13-25(14-12-24)35(45)46)40-36-41-32-16-15-27(26-9-8-10-29(37)19-26)20-30(32)34(42-36)39-33(23-43-17-6-5-7-18-43)28-21-38-44(4-2)22-28/h8-10,19,21-22,24-25,27,31,33H,3-7,11-18,20,23H2,1-2H3,(H,45,46)(H2,39,40,41,42)/t24?,25?,27-,31+,33-/m0/s1. The van der Waals surface area contributed by atoms with Crippen molar-refractivity contribution in [2.24, 2.45) is 11.8 Å². The van der Waals surface area contributed by atoms with Gasteiger partial charge in [-0.15, -0.1) is 0 Å². The third-order valence-electron chi connectivity index (χ3n) is 10.6. The maximum absolute atomic E-state index is 14.2. The van der Waals surface area contributed by atoms with Crippen LogP contribution in [0.1, 0.15) is 106 Å². The van der Waals surface area contributed by atoms with Crippen LogP contribution in [-0.2, 0) is 24.2 Å². The summed E-state index contributed by atoms with van der Waals surface area (Å²) in [6, 6.07) is 7.20. The Labute approximate surface area is 272 Å². The van der Waals surface area contributed by atoms with Gasteiger partial charge in [-0.3, -0.25) is 9.48 Å². The first-order chi connectivity index (χ1) is 22.4. The molecular weight excluding hydrogens is 581 g/mol. The third-order valence-corrected chi connectivity index (χ3v) is 10.6. The van der Waals surface area contributed by atoms with Gasteiger partial charge in [0.25, 0.3) is 0 Å². The summed E-state index contributed by atoms with van der Waals surface area (Å²) in [5.41, 5.74) is 4.34. The lowest BCUT2D eigenvalue weighted by atomic mass is 9.78. The first-order valence-corrected chi connectivity index (χ1v) is 17.6. The molecule has 2 aromatic heterocycles. The van der Waals surface area contributed by atoms with Crippen molar-refractivity contribution in [2.75, 3.05) is 30.3 Å². The first kappa shape index (κ1) is 32.4. The van der Waals surface area contributed by atoms with Crippen LogP contribution in [0.3, 0.4) is 0 Å². The van der Waals surface area contributed by atoms with Gasteiger partial charge in [0.1, 0.15) is 11.6 Å². The number of benzene rings is 1. The number of aryl methyl sites for hydroxylation is 2. The number of hydrogen-bond donors (Lipinski definition) is 3. The molecule has 0 radical (unpaired) electrons. The number of carboxylic acids is 1. The zero-order chi connectivity index (χ0) is 32.0. The smallest absolute Gasteiger partial charge is 0.306 e. The van der Waals surface area contributed by atoms with E-state index >= 15 is 0 Å². The lowest BCUT2D eigenvalue weighted by molar-refractivity contribution is -0.143. The van der Waals surface area contributed by atoms with Gasteiger partial charge in [-0.2, -0.15) is 10.1 Å². The number of carbonyl (C=O) groups is 1. The Morgan fingerprint density at radius 1 is 1.07 bits per heavy atom. The van der Waals surface area contributed by atoms with Crippen LogP contribution in [0.15, 0.2) is 36.7 Å². The van der Waals surface area contributed by atoms with E-state index in [1.165, 1.54) is 25.3 Å². The Morgan fingerprint density at radius 3 is 2.57 bits per heavy atom. The van der Waals surface area contributed by atoms with Crippen LogP contribution in [0.4, 0.5) is 16.2 Å². The van der Waals surface area contributed by atoms with E-state index in [1.54, 1.807) is 12.1 Å². The van der Waals surface area contributed by atoms with E-state index in [0.29, 0.717) is 11.9 Å². The van der Waals surface area contributed by atoms with E-state index in [4.69, 9.17) is 9.97 Å². The van der Waals surface area contributed by atoms with Gasteiger partial charge in [-0.05, 0) is 114 Å². The zero-order valence-corrected chi connectivity index (χ0v) is 27.4. The molecule has 1 saturated carbocycles. The number of piperidine rings is 1. The molecular formula is C36H50FN7O2. The third kappa shape index (κ3) is 7.70. The summed E-state index contributed by atoms with van der Waals surface area (Å²) >= 11 is 0. The van der Waals surface area contributed by atoms with Crippen molar-refractivity contribution in [3.05, 3.63) is 64.9 Å². The van der Waals surface area contributed by atoms with Gasteiger partial charge in [-0.25, -0.2) is 9.37 Å². The molecule has 0 unspecified atom stereocenters. The van der Waals surface area contributed by atoms with Crippen LogP contribution in [0.2, 0.25) is 0 Å². The molecule has 1 aliphatic heterocycles. The summed E-state index contributed by atoms with van der Waals surface area (Å²) in [5, 5.41) is 21.7. The fourth-order valence-electron chi connectivity index (χ4n) is 7.86. The van der Waals surface area contributed by atoms with Crippen LogP contribution in [0.5, 0.6) is 0 Å². The quantitative estimate of drug-likeness (QED) is 0.200. The minimum absolute atomic E-state index is 0.00747. The van der Waals surface area contributed by atoms with Crippen LogP contribution < -0.4 is 10.6 Å². The molecule has 0 amide bonds. The Morgan fingerprint density at radius 2 is 1.87 bits per heavy atom. The molecule has 3 aromatic rings. The van der Waals surface area contributed by atoms with Crippen LogP contribution in [0.25, 0.3) is 0 Å². The van der Waals surface area contributed by atoms with Gasteiger partial charge in [0.2, 0.25) is 5.95 Å². The number of hydrogen-bond acceptors (Lipinski definition) is 7. The zero-order valence-electron chi connectivity index (χ0n) is 27.4. The summed E-state index contributed by atoms with van der Waals surface area (Å²) in [6.07, 6.45) is 14.5. The van der Waals surface area contributed by atoms with Crippen LogP contribution in [-0.4, -0.2) is 61.4 Å². The summed E-state index contributed by atoms with van der Waals surface area (Å²) in [6.45, 7) is 8.16. The monoisotopic (exact) mass is 631 g/mol. The van der Waals surface area contributed by atoms with Crippen molar-refractivity contribution >= 4 is 17.7 Å². The van der Waals surface area contributed by atoms with E-state index in [2.05, 4.69) is 40.7 Å². The second-order valence-corrected chi connectivity index (χ2v) is 13.6. The number of rotatable bonds is 12. The van der Waals surface area contributed by atoms with Gasteiger partial charge in [0.05, 0.1) is 23.9 Å². The number of nitrogens with one attached hydrogen (secondary N) is 2. The van der Waals surface area contributed by atoms with Crippen LogP contribution >= 0.6 is 0 Å². The molecule has 3 heterocycles. The van der Waals surface area contributed by atoms with E-state index in [-0.39, 0.29) is 29.7 Å². The fourth-order valence-corrected chi connectivity index (χ4v) is 7.86. The van der Waals surface area contributed by atoms with E-state index in [9.17, 15) is 14.3 Å². The molecule has 2 fully saturated rings. The van der Waals surface area contributed by atoms with E-state index in [1.807, 2.05) is 16.9 Å². The SMILES string of the molecule is CC[C@@H](Nc1nc2c(c(N[C@@H](CN3CCCCC3)c3cnn(CC)c3)n1)C[C@@H](c1cccc(F)c1)CC2)C1CCC(C(=O)O)CC1. The average Bonchev–Trinajstić information content (AvgIpc) is 3.57.